The van der Waals surface area contributed by atoms with E-state index in [0.717, 1.165) is 14.2 Å². The summed E-state index contributed by atoms with van der Waals surface area (Å²) >= 11 is 4.86. The minimum atomic E-state index is 0.0505. The second kappa shape index (κ2) is 5.58. The highest BCUT2D eigenvalue weighted by Crippen LogP contribution is 2.28. The number of halogens is 1. The first-order valence-corrected chi connectivity index (χ1v) is 6.85. The van der Waals surface area contributed by atoms with Crippen molar-refractivity contribution >= 4 is 33.0 Å². The van der Waals surface area contributed by atoms with Crippen LogP contribution in [0.25, 0.3) is 0 Å². The van der Waals surface area contributed by atoms with Gasteiger partial charge in [0, 0.05) is 6.07 Å². The molecule has 0 aliphatic carbocycles. The summed E-state index contributed by atoms with van der Waals surface area (Å²) < 4.78 is 5.99. The molecular weight excluding hydrogens is 316 g/mol. The molecule has 0 atom stereocenters. The van der Waals surface area contributed by atoms with Crippen LogP contribution in [0.1, 0.15) is 20.9 Å². The minimum absolute atomic E-state index is 0.0505. The Labute approximate surface area is 117 Å². The lowest BCUT2D eigenvalue weighted by molar-refractivity contribution is 0.0995. The number of aromatic nitrogens is 2. The largest absolute Gasteiger partial charge is 0.481 e. The Morgan fingerprint density at radius 1 is 1.44 bits per heavy atom. The minimum Gasteiger partial charge on any atom is -0.481 e. The molecule has 2 aromatic rings. The molecule has 0 unspecified atom stereocenters. The fourth-order valence-electron chi connectivity index (χ4n) is 1.43. The third kappa shape index (κ3) is 2.94. The van der Waals surface area contributed by atoms with Gasteiger partial charge in [-0.3, -0.25) is 4.79 Å². The van der Waals surface area contributed by atoms with Gasteiger partial charge in [-0.25, -0.2) is 9.97 Å². The first-order valence-electron chi connectivity index (χ1n) is 5.24. The number of ketones is 1. The van der Waals surface area contributed by atoms with Gasteiger partial charge >= 0.3 is 0 Å². The van der Waals surface area contributed by atoms with Crippen LogP contribution in [0.15, 0.2) is 22.2 Å². The van der Waals surface area contributed by atoms with Gasteiger partial charge < -0.3 is 4.74 Å². The quantitative estimate of drug-likeness (QED) is 0.810. The van der Waals surface area contributed by atoms with Crippen LogP contribution >= 0.6 is 27.3 Å². The number of methoxy groups -OCH3 is 1. The highest BCUT2D eigenvalue weighted by atomic mass is 79.9. The lowest BCUT2D eigenvalue weighted by Crippen LogP contribution is -2.04. The van der Waals surface area contributed by atoms with E-state index in [9.17, 15) is 4.79 Å². The lowest BCUT2D eigenvalue weighted by atomic mass is 10.2. The van der Waals surface area contributed by atoms with Crippen molar-refractivity contribution in [2.45, 2.75) is 13.3 Å². The summed E-state index contributed by atoms with van der Waals surface area (Å²) in [5.41, 5.74) is 1.73. The average molecular weight is 327 g/mol. The Kier molecular flexibility index (Phi) is 4.08. The number of rotatable bonds is 4. The summed E-state index contributed by atoms with van der Waals surface area (Å²) in [4.78, 5) is 20.8. The van der Waals surface area contributed by atoms with Gasteiger partial charge in [0.05, 0.1) is 27.9 Å². The number of hydrogen-bond acceptors (Lipinski definition) is 5. The molecule has 2 heterocycles. The molecule has 18 heavy (non-hydrogen) atoms. The summed E-state index contributed by atoms with van der Waals surface area (Å²) in [5.74, 6) is 0.519. The number of carbonyl (C=O) groups excluding carboxylic acids is 1. The zero-order chi connectivity index (χ0) is 13.1. The summed E-state index contributed by atoms with van der Waals surface area (Å²) in [6.45, 7) is 1.96. The summed E-state index contributed by atoms with van der Waals surface area (Å²) in [5, 5.41) is 0. The van der Waals surface area contributed by atoms with E-state index in [1.807, 2.05) is 13.0 Å². The second-order valence-electron chi connectivity index (χ2n) is 3.72. The molecule has 0 radical (unpaired) electrons. The molecule has 2 aromatic heterocycles. The van der Waals surface area contributed by atoms with Gasteiger partial charge in [-0.2, -0.15) is 0 Å². The van der Waals surface area contributed by atoms with Crippen LogP contribution < -0.4 is 4.74 Å². The predicted molar refractivity (Wildman–Crippen MR) is 73.4 cm³/mol. The molecule has 0 aliphatic heterocycles. The van der Waals surface area contributed by atoms with E-state index in [1.165, 1.54) is 24.8 Å². The maximum atomic E-state index is 12.1. The third-order valence-electron chi connectivity index (χ3n) is 2.38. The van der Waals surface area contributed by atoms with Crippen molar-refractivity contribution in [3.63, 3.8) is 0 Å². The van der Waals surface area contributed by atoms with Crippen LogP contribution in [-0.4, -0.2) is 22.9 Å². The Morgan fingerprint density at radius 3 is 2.83 bits per heavy atom. The molecule has 0 aliphatic rings. The Bertz CT molecular complexity index is 564. The van der Waals surface area contributed by atoms with Crippen LogP contribution in [-0.2, 0) is 6.42 Å². The van der Waals surface area contributed by atoms with Gasteiger partial charge in [-0.1, -0.05) is 0 Å². The highest BCUT2D eigenvalue weighted by molar-refractivity contribution is 9.11. The van der Waals surface area contributed by atoms with Crippen LogP contribution in [0.4, 0.5) is 0 Å². The number of thiophene rings is 1. The Morgan fingerprint density at radius 2 is 2.22 bits per heavy atom. The van der Waals surface area contributed by atoms with E-state index in [-0.39, 0.29) is 12.2 Å². The fraction of sp³-hybridized carbons (Fsp3) is 0.250. The molecule has 94 valence electrons. The van der Waals surface area contributed by atoms with Crippen LogP contribution in [0.5, 0.6) is 5.88 Å². The molecule has 0 spiro atoms. The van der Waals surface area contributed by atoms with Crippen molar-refractivity contribution in [3.8, 4) is 5.88 Å². The predicted octanol–water partition coefficient (Wildman–Crippen LogP) is 3.04. The van der Waals surface area contributed by atoms with E-state index in [2.05, 4.69) is 25.9 Å². The van der Waals surface area contributed by atoms with Gasteiger partial charge in [0.15, 0.2) is 5.78 Å². The topological polar surface area (TPSA) is 52.1 Å². The lowest BCUT2D eigenvalue weighted by Gasteiger charge is -2.01. The van der Waals surface area contributed by atoms with E-state index in [4.69, 9.17) is 4.74 Å². The molecule has 0 saturated carbocycles. The maximum absolute atomic E-state index is 12.1. The highest BCUT2D eigenvalue weighted by Gasteiger charge is 2.13. The van der Waals surface area contributed by atoms with Gasteiger partial charge in [0.25, 0.3) is 0 Å². The van der Waals surface area contributed by atoms with Crippen molar-refractivity contribution in [2.24, 2.45) is 0 Å². The summed E-state index contributed by atoms with van der Waals surface area (Å²) in [6, 6.07) is 3.56. The van der Waals surface area contributed by atoms with E-state index in [0.29, 0.717) is 11.6 Å². The van der Waals surface area contributed by atoms with E-state index < -0.39 is 0 Å². The Hall–Kier alpha value is -1.27. The van der Waals surface area contributed by atoms with Crippen molar-refractivity contribution in [3.05, 3.63) is 38.4 Å². The zero-order valence-corrected chi connectivity index (χ0v) is 12.3. The number of Topliss-reactive ketones (excluding diaryl/α,β-unsaturated/α-hetero) is 1. The molecule has 0 fully saturated rings. The number of carbonyl (C=O) groups is 1. The fourth-order valence-corrected chi connectivity index (χ4v) is 2.91. The number of aryl methyl sites for hydroxylation is 1. The number of hydrogen-bond donors (Lipinski definition) is 0. The molecular formula is C12H11BrN2O2S. The molecule has 0 bridgehead atoms. The normalized spacial score (nSPS) is 10.4. The Balaban J connectivity index is 2.15. The second-order valence-corrected chi connectivity index (χ2v) is 6.09. The maximum Gasteiger partial charge on any atom is 0.216 e. The van der Waals surface area contributed by atoms with E-state index in [1.54, 1.807) is 6.07 Å². The van der Waals surface area contributed by atoms with E-state index >= 15 is 0 Å². The van der Waals surface area contributed by atoms with Gasteiger partial charge in [-0.05, 0) is 34.5 Å². The van der Waals surface area contributed by atoms with Crippen LogP contribution in [0, 0.1) is 6.92 Å². The van der Waals surface area contributed by atoms with Crippen LogP contribution in [0.3, 0.4) is 0 Å². The molecule has 0 amide bonds. The summed E-state index contributed by atoms with van der Waals surface area (Å²) in [6.07, 6.45) is 1.66. The zero-order valence-electron chi connectivity index (χ0n) is 9.94. The van der Waals surface area contributed by atoms with Crippen molar-refractivity contribution in [2.75, 3.05) is 7.11 Å². The molecule has 0 saturated heterocycles. The number of ether oxygens (including phenoxy) is 1. The molecule has 0 aromatic carbocycles. The monoisotopic (exact) mass is 326 g/mol. The molecule has 2 rings (SSSR count). The third-order valence-corrected chi connectivity index (χ3v) is 4.56. The van der Waals surface area contributed by atoms with Crippen molar-refractivity contribution in [1.82, 2.24) is 9.97 Å². The van der Waals surface area contributed by atoms with Crippen molar-refractivity contribution in [1.29, 1.82) is 0 Å². The molecule has 4 nitrogen and oxygen atoms in total. The SMILES string of the molecule is COc1cc(CC(=O)c2cc(C)c(Br)s2)ncn1. The van der Waals surface area contributed by atoms with Gasteiger partial charge in [0.2, 0.25) is 5.88 Å². The van der Waals surface area contributed by atoms with Gasteiger partial charge in [0.1, 0.15) is 6.33 Å². The molecule has 0 N–H and O–H groups in total. The first-order chi connectivity index (χ1) is 8.60. The molecule has 6 heteroatoms. The summed E-state index contributed by atoms with van der Waals surface area (Å²) in [7, 11) is 1.54. The van der Waals surface area contributed by atoms with Crippen molar-refractivity contribution < 1.29 is 9.53 Å². The average Bonchev–Trinajstić information content (AvgIpc) is 2.70. The van der Waals surface area contributed by atoms with Gasteiger partial charge in [-0.15, -0.1) is 11.3 Å². The number of nitrogens with zero attached hydrogens (tertiary/aromatic N) is 2. The smallest absolute Gasteiger partial charge is 0.216 e. The van der Waals surface area contributed by atoms with Crippen LogP contribution in [0.2, 0.25) is 0 Å². The first kappa shape index (κ1) is 13.2. The standard InChI is InChI=1S/C12H11BrN2O2S/c1-7-3-10(18-12(7)13)9(16)4-8-5-11(17-2)15-6-14-8/h3,5-6H,4H2,1-2H3.